The molecule has 3 aromatic rings. The standard InChI is InChI=1S/C22H17N3O4S/c1-29-19(26)12-18-21(28)25(16-10-6-3-7-11-16)22(30-18)17(13-23)20(27)24-14-15-8-4-2-5-9-15/h2-12H,14H2,1H3,(H,24,27). The molecule has 1 amide bonds. The molecule has 1 aromatic heterocycles. The Hall–Kier alpha value is -3.96. The monoisotopic (exact) mass is 419 g/mol. The van der Waals surface area contributed by atoms with Crippen molar-refractivity contribution in [3.05, 3.63) is 85.8 Å². The van der Waals surface area contributed by atoms with Crippen LogP contribution in [0.25, 0.3) is 17.3 Å². The van der Waals surface area contributed by atoms with Crippen LogP contribution in [0.2, 0.25) is 0 Å². The number of thiazole rings is 1. The van der Waals surface area contributed by atoms with Crippen LogP contribution in [0, 0.1) is 11.3 Å². The number of nitrogens with zero attached hydrogens (tertiary/aromatic N) is 2. The van der Waals surface area contributed by atoms with Gasteiger partial charge < -0.3 is 10.1 Å². The molecule has 0 radical (unpaired) electrons. The van der Waals surface area contributed by atoms with Crippen LogP contribution in [0.1, 0.15) is 5.56 Å². The van der Waals surface area contributed by atoms with Crippen molar-refractivity contribution in [1.29, 1.82) is 5.26 Å². The number of amides is 1. The molecular weight excluding hydrogens is 402 g/mol. The number of ether oxygens (including phenoxy) is 1. The summed E-state index contributed by atoms with van der Waals surface area (Å²) in [6, 6.07) is 19.7. The van der Waals surface area contributed by atoms with Gasteiger partial charge in [-0.05, 0) is 17.7 Å². The fourth-order valence-electron chi connectivity index (χ4n) is 2.69. The lowest BCUT2D eigenvalue weighted by Gasteiger charge is -2.06. The molecule has 30 heavy (non-hydrogen) atoms. The van der Waals surface area contributed by atoms with E-state index in [0.29, 0.717) is 5.69 Å². The molecule has 1 heterocycles. The Morgan fingerprint density at radius 1 is 1.13 bits per heavy atom. The number of aromatic nitrogens is 1. The van der Waals surface area contributed by atoms with Gasteiger partial charge >= 0.3 is 5.97 Å². The normalized spacial score (nSPS) is 12.1. The zero-order chi connectivity index (χ0) is 21.5. The number of benzene rings is 2. The summed E-state index contributed by atoms with van der Waals surface area (Å²) in [7, 11) is 1.20. The third kappa shape index (κ3) is 4.54. The quantitative estimate of drug-likeness (QED) is 0.618. The molecule has 1 N–H and O–H groups in total. The molecule has 0 aliphatic carbocycles. The van der Waals surface area contributed by atoms with E-state index in [1.807, 2.05) is 36.4 Å². The number of rotatable bonds is 5. The molecule has 0 atom stereocenters. The van der Waals surface area contributed by atoms with Crippen LogP contribution in [-0.2, 0) is 20.9 Å². The minimum Gasteiger partial charge on any atom is -0.466 e. The highest BCUT2D eigenvalue weighted by Gasteiger charge is 2.17. The maximum absolute atomic E-state index is 12.9. The molecule has 3 rings (SSSR count). The number of carbonyl (C=O) groups excluding carboxylic acids is 2. The molecule has 0 fully saturated rings. The van der Waals surface area contributed by atoms with Gasteiger partial charge in [-0.25, -0.2) is 4.79 Å². The van der Waals surface area contributed by atoms with E-state index in [-0.39, 0.29) is 21.3 Å². The lowest BCUT2D eigenvalue weighted by atomic mass is 10.2. The van der Waals surface area contributed by atoms with Crippen LogP contribution >= 0.6 is 11.3 Å². The van der Waals surface area contributed by atoms with Crippen LogP contribution in [0.5, 0.6) is 0 Å². The van der Waals surface area contributed by atoms with E-state index in [1.54, 1.807) is 30.3 Å². The molecule has 0 spiro atoms. The third-order valence-electron chi connectivity index (χ3n) is 4.14. The van der Waals surface area contributed by atoms with Gasteiger partial charge in [-0.3, -0.25) is 14.2 Å². The first-order chi connectivity index (χ1) is 14.5. The summed E-state index contributed by atoms with van der Waals surface area (Å²) in [5.41, 5.74) is 0.605. The summed E-state index contributed by atoms with van der Waals surface area (Å²) in [5, 5.41) is 12.4. The Kier molecular flexibility index (Phi) is 6.57. The second kappa shape index (κ2) is 9.49. The van der Waals surface area contributed by atoms with Crippen molar-refractivity contribution >= 4 is 34.9 Å². The summed E-state index contributed by atoms with van der Waals surface area (Å²) in [6.45, 7) is 0.229. The summed E-state index contributed by atoms with van der Waals surface area (Å²) in [4.78, 5) is 37.3. The second-order valence-corrected chi connectivity index (χ2v) is 7.10. The Morgan fingerprint density at radius 3 is 2.37 bits per heavy atom. The van der Waals surface area contributed by atoms with Crippen LogP contribution in [0.15, 0.2) is 65.5 Å². The zero-order valence-electron chi connectivity index (χ0n) is 16.0. The van der Waals surface area contributed by atoms with Crippen LogP contribution < -0.4 is 20.1 Å². The van der Waals surface area contributed by atoms with Crippen molar-refractivity contribution in [1.82, 2.24) is 9.88 Å². The van der Waals surface area contributed by atoms with Crippen LogP contribution in [0.3, 0.4) is 0 Å². The van der Waals surface area contributed by atoms with E-state index >= 15 is 0 Å². The highest BCUT2D eigenvalue weighted by molar-refractivity contribution is 7.07. The Morgan fingerprint density at radius 2 is 1.77 bits per heavy atom. The van der Waals surface area contributed by atoms with E-state index in [1.165, 1.54) is 11.7 Å². The van der Waals surface area contributed by atoms with E-state index in [0.717, 1.165) is 23.0 Å². The molecule has 8 heteroatoms. The van der Waals surface area contributed by atoms with Gasteiger partial charge in [-0.15, -0.1) is 11.3 Å². The molecule has 0 unspecified atom stereocenters. The van der Waals surface area contributed by atoms with E-state index in [2.05, 4.69) is 10.1 Å². The van der Waals surface area contributed by atoms with E-state index < -0.39 is 17.4 Å². The van der Waals surface area contributed by atoms with Crippen molar-refractivity contribution < 1.29 is 14.3 Å². The first kappa shape index (κ1) is 20.8. The van der Waals surface area contributed by atoms with Gasteiger partial charge in [-0.2, -0.15) is 5.26 Å². The smallest absolute Gasteiger partial charge is 0.332 e. The van der Waals surface area contributed by atoms with Crippen molar-refractivity contribution in [3.63, 3.8) is 0 Å². The summed E-state index contributed by atoms with van der Waals surface area (Å²) >= 11 is 0.881. The third-order valence-corrected chi connectivity index (χ3v) is 5.23. The van der Waals surface area contributed by atoms with E-state index in [4.69, 9.17) is 0 Å². The molecular formula is C22H17N3O4S. The molecule has 150 valence electrons. The first-order valence-corrected chi connectivity index (χ1v) is 9.70. The number of methoxy groups -OCH3 is 1. The molecule has 7 nitrogen and oxygen atoms in total. The number of hydrogen-bond acceptors (Lipinski definition) is 6. The summed E-state index contributed by atoms with van der Waals surface area (Å²) in [6.07, 6.45) is 1.05. The number of hydrogen-bond donors (Lipinski definition) is 1. The van der Waals surface area contributed by atoms with Crippen molar-refractivity contribution in [2.45, 2.75) is 6.54 Å². The molecule has 0 aliphatic heterocycles. The SMILES string of the molecule is COC(=O)C=c1sc(=C(C#N)C(=O)NCc2ccccc2)n(-c2ccccc2)c1=O. The predicted molar refractivity (Wildman–Crippen MR) is 113 cm³/mol. The van der Waals surface area contributed by atoms with Gasteiger partial charge in [0.25, 0.3) is 11.5 Å². The highest BCUT2D eigenvalue weighted by atomic mass is 32.1. The topological polar surface area (TPSA) is 101 Å². The maximum Gasteiger partial charge on any atom is 0.332 e. The van der Waals surface area contributed by atoms with E-state index in [9.17, 15) is 19.6 Å². The number of carbonyl (C=O) groups is 2. The molecule has 0 saturated carbocycles. The van der Waals surface area contributed by atoms with Crippen molar-refractivity contribution in [2.24, 2.45) is 0 Å². The number of nitrogens with one attached hydrogen (secondary N) is 1. The minimum absolute atomic E-state index is 0.0595. The summed E-state index contributed by atoms with van der Waals surface area (Å²) in [5.74, 6) is -1.32. The molecule has 0 saturated heterocycles. The zero-order valence-corrected chi connectivity index (χ0v) is 16.8. The average Bonchev–Trinajstić information content (AvgIpc) is 3.09. The van der Waals surface area contributed by atoms with Crippen molar-refractivity contribution in [3.8, 4) is 11.8 Å². The first-order valence-electron chi connectivity index (χ1n) is 8.88. The van der Waals surface area contributed by atoms with Crippen LogP contribution in [0.4, 0.5) is 0 Å². The Balaban J connectivity index is 2.16. The fraction of sp³-hybridized carbons (Fsp3) is 0.0909. The van der Waals surface area contributed by atoms with Crippen LogP contribution in [-0.4, -0.2) is 23.6 Å². The average molecular weight is 419 g/mol. The van der Waals surface area contributed by atoms with Gasteiger partial charge in [0, 0.05) is 12.6 Å². The van der Waals surface area contributed by atoms with Gasteiger partial charge in [0.1, 0.15) is 15.3 Å². The molecule has 2 aromatic carbocycles. The number of esters is 1. The van der Waals surface area contributed by atoms with Gasteiger partial charge in [0.2, 0.25) is 0 Å². The summed E-state index contributed by atoms with van der Waals surface area (Å²) < 4.78 is 6.04. The number of para-hydroxylation sites is 1. The van der Waals surface area contributed by atoms with Gasteiger partial charge in [0.15, 0.2) is 5.57 Å². The largest absolute Gasteiger partial charge is 0.466 e. The van der Waals surface area contributed by atoms with Crippen molar-refractivity contribution in [2.75, 3.05) is 7.11 Å². The molecule has 0 aliphatic rings. The predicted octanol–water partition coefficient (Wildman–Crippen LogP) is 0.843. The maximum atomic E-state index is 12.9. The lowest BCUT2D eigenvalue weighted by Crippen LogP contribution is -2.34. The molecule has 0 bridgehead atoms. The van der Waals surface area contributed by atoms with Gasteiger partial charge in [-0.1, -0.05) is 48.5 Å². The highest BCUT2D eigenvalue weighted by Crippen LogP contribution is 2.04. The number of nitriles is 1. The van der Waals surface area contributed by atoms with Gasteiger partial charge in [0.05, 0.1) is 12.8 Å². The fourth-order valence-corrected chi connectivity index (χ4v) is 3.75. The minimum atomic E-state index is -0.702. The lowest BCUT2D eigenvalue weighted by molar-refractivity contribution is -0.133. The Labute approximate surface area is 175 Å². The Bertz CT molecular complexity index is 1290. The second-order valence-electron chi connectivity index (χ2n) is 6.07.